The molecule has 0 unspecified atom stereocenters. The Morgan fingerprint density at radius 3 is 2.06 bits per heavy atom. The van der Waals surface area contributed by atoms with Crippen LogP contribution in [0.15, 0.2) is 72.8 Å². The van der Waals surface area contributed by atoms with Crippen molar-refractivity contribution in [3.8, 4) is 5.75 Å². The molecule has 9 heteroatoms. The summed E-state index contributed by atoms with van der Waals surface area (Å²) in [4.78, 5) is 47.9. The molecule has 0 saturated carbocycles. The lowest BCUT2D eigenvalue weighted by Crippen LogP contribution is -2.21. The number of hydrogen-bond donors (Lipinski definition) is 3. The number of benzene rings is 3. The van der Waals surface area contributed by atoms with Gasteiger partial charge in [-0.15, -0.1) is 0 Å². The quantitative estimate of drug-likeness (QED) is 0.401. The molecule has 0 atom stereocenters. The maximum atomic E-state index is 12.4. The van der Waals surface area contributed by atoms with Crippen LogP contribution < -0.4 is 20.7 Å². The van der Waals surface area contributed by atoms with Crippen LogP contribution in [0.25, 0.3) is 0 Å². The maximum Gasteiger partial charge on any atom is 0.338 e. The van der Waals surface area contributed by atoms with E-state index in [4.69, 9.17) is 9.47 Å². The van der Waals surface area contributed by atoms with Gasteiger partial charge in [0.2, 0.25) is 5.91 Å². The zero-order valence-electron chi connectivity index (χ0n) is 19.3. The van der Waals surface area contributed by atoms with Gasteiger partial charge in [0.15, 0.2) is 6.61 Å². The van der Waals surface area contributed by atoms with Crippen molar-refractivity contribution in [1.82, 2.24) is 0 Å². The minimum Gasteiger partial charge on any atom is -0.494 e. The van der Waals surface area contributed by atoms with E-state index in [1.54, 1.807) is 60.7 Å². The molecule has 0 radical (unpaired) electrons. The summed E-state index contributed by atoms with van der Waals surface area (Å²) in [6.07, 6.45) is 0. The maximum absolute atomic E-state index is 12.4. The molecule has 0 aromatic heterocycles. The van der Waals surface area contributed by atoms with E-state index in [1.165, 1.54) is 19.1 Å². The summed E-state index contributed by atoms with van der Waals surface area (Å²) in [5, 5.41) is 7.96. The third kappa shape index (κ3) is 7.71. The number of hydrogen-bond acceptors (Lipinski definition) is 6. The first kappa shape index (κ1) is 25.0. The zero-order valence-corrected chi connectivity index (χ0v) is 19.3. The fourth-order valence-corrected chi connectivity index (χ4v) is 3.05. The Kier molecular flexibility index (Phi) is 8.55. The Morgan fingerprint density at radius 1 is 0.743 bits per heavy atom. The van der Waals surface area contributed by atoms with E-state index in [0.29, 0.717) is 29.2 Å². The van der Waals surface area contributed by atoms with Crippen LogP contribution in [0.3, 0.4) is 0 Å². The van der Waals surface area contributed by atoms with Crippen LogP contribution in [0.5, 0.6) is 5.75 Å². The van der Waals surface area contributed by atoms with Crippen molar-refractivity contribution in [2.24, 2.45) is 0 Å². The number of amides is 3. The summed E-state index contributed by atoms with van der Waals surface area (Å²) in [6.45, 7) is 3.31. The van der Waals surface area contributed by atoms with Crippen LogP contribution in [-0.2, 0) is 14.3 Å². The molecular weight excluding hydrogens is 450 g/mol. The molecule has 0 aliphatic rings. The summed E-state index contributed by atoms with van der Waals surface area (Å²) in [6, 6.07) is 19.5. The summed E-state index contributed by atoms with van der Waals surface area (Å²) in [5.41, 5.74) is 2.12. The molecule has 3 amide bonds. The van der Waals surface area contributed by atoms with E-state index >= 15 is 0 Å². The van der Waals surface area contributed by atoms with Crippen molar-refractivity contribution in [3.63, 3.8) is 0 Å². The van der Waals surface area contributed by atoms with Gasteiger partial charge in [0, 0.05) is 29.5 Å². The van der Waals surface area contributed by atoms with Crippen molar-refractivity contribution in [2.45, 2.75) is 13.8 Å². The molecule has 0 fully saturated rings. The molecular formula is C26H25N3O6. The second kappa shape index (κ2) is 12.0. The topological polar surface area (TPSA) is 123 Å². The number of esters is 1. The van der Waals surface area contributed by atoms with Gasteiger partial charge in [0.25, 0.3) is 11.8 Å². The lowest BCUT2D eigenvalue weighted by Gasteiger charge is -2.09. The number of rotatable bonds is 9. The van der Waals surface area contributed by atoms with Gasteiger partial charge in [-0.25, -0.2) is 4.79 Å². The van der Waals surface area contributed by atoms with Crippen molar-refractivity contribution in [2.75, 3.05) is 29.2 Å². The first-order valence-electron chi connectivity index (χ1n) is 10.8. The molecule has 0 aliphatic heterocycles. The van der Waals surface area contributed by atoms with Crippen molar-refractivity contribution in [3.05, 3.63) is 83.9 Å². The second-order valence-corrected chi connectivity index (χ2v) is 7.38. The first-order valence-corrected chi connectivity index (χ1v) is 10.8. The predicted octanol–water partition coefficient (Wildman–Crippen LogP) is 4.09. The fourth-order valence-electron chi connectivity index (χ4n) is 3.05. The lowest BCUT2D eigenvalue weighted by atomic mass is 10.2. The van der Waals surface area contributed by atoms with E-state index in [-0.39, 0.29) is 17.4 Å². The van der Waals surface area contributed by atoms with Gasteiger partial charge in [-0.05, 0) is 73.7 Å². The van der Waals surface area contributed by atoms with E-state index < -0.39 is 18.5 Å². The number of ether oxygens (including phenoxy) is 2. The highest BCUT2D eigenvalue weighted by Gasteiger charge is 2.12. The normalized spacial score (nSPS) is 10.1. The first-order chi connectivity index (χ1) is 16.8. The number of carbonyl (C=O) groups is 4. The van der Waals surface area contributed by atoms with Gasteiger partial charge in [-0.2, -0.15) is 0 Å². The SMILES string of the molecule is CCOc1ccc(NC(=O)c2ccc(NC(=O)COC(=O)c3cccc(NC(C)=O)c3)cc2)cc1. The van der Waals surface area contributed by atoms with Crippen LogP contribution in [0.4, 0.5) is 17.1 Å². The fraction of sp³-hybridized carbons (Fsp3) is 0.154. The van der Waals surface area contributed by atoms with Crippen LogP contribution in [0.1, 0.15) is 34.6 Å². The third-order valence-corrected chi connectivity index (χ3v) is 4.61. The van der Waals surface area contributed by atoms with E-state index in [0.717, 1.165) is 5.75 Å². The zero-order chi connectivity index (χ0) is 25.2. The van der Waals surface area contributed by atoms with Crippen LogP contribution in [0.2, 0.25) is 0 Å². The number of carbonyl (C=O) groups excluding carboxylic acids is 4. The summed E-state index contributed by atoms with van der Waals surface area (Å²) in [5.74, 6) is -1.09. The molecule has 35 heavy (non-hydrogen) atoms. The van der Waals surface area contributed by atoms with Gasteiger partial charge in [0.1, 0.15) is 5.75 Å². The summed E-state index contributed by atoms with van der Waals surface area (Å²) < 4.78 is 10.4. The van der Waals surface area contributed by atoms with Crippen LogP contribution in [-0.4, -0.2) is 36.9 Å². The van der Waals surface area contributed by atoms with Crippen LogP contribution in [0, 0.1) is 0 Å². The third-order valence-electron chi connectivity index (χ3n) is 4.61. The predicted molar refractivity (Wildman–Crippen MR) is 132 cm³/mol. The highest BCUT2D eigenvalue weighted by Crippen LogP contribution is 2.17. The Labute approximate surface area is 202 Å². The van der Waals surface area contributed by atoms with Crippen molar-refractivity contribution < 1.29 is 28.7 Å². The highest BCUT2D eigenvalue weighted by molar-refractivity contribution is 6.04. The van der Waals surface area contributed by atoms with Gasteiger partial charge in [0.05, 0.1) is 12.2 Å². The molecule has 3 rings (SSSR count). The van der Waals surface area contributed by atoms with E-state index in [9.17, 15) is 19.2 Å². The second-order valence-electron chi connectivity index (χ2n) is 7.38. The Balaban J connectivity index is 1.49. The average molecular weight is 476 g/mol. The smallest absolute Gasteiger partial charge is 0.338 e. The minimum absolute atomic E-state index is 0.201. The summed E-state index contributed by atoms with van der Waals surface area (Å²) >= 11 is 0. The molecule has 0 spiro atoms. The van der Waals surface area contributed by atoms with Crippen molar-refractivity contribution >= 4 is 40.8 Å². The molecule has 0 aliphatic carbocycles. The minimum atomic E-state index is -0.700. The molecule has 0 bridgehead atoms. The largest absolute Gasteiger partial charge is 0.494 e. The molecule has 0 heterocycles. The molecule has 3 aromatic carbocycles. The Hall–Kier alpha value is -4.66. The number of nitrogens with one attached hydrogen (secondary N) is 3. The average Bonchev–Trinajstić information content (AvgIpc) is 2.84. The van der Waals surface area contributed by atoms with Gasteiger partial charge in [-0.1, -0.05) is 6.07 Å². The van der Waals surface area contributed by atoms with E-state index in [1.807, 2.05) is 6.92 Å². The van der Waals surface area contributed by atoms with Gasteiger partial charge >= 0.3 is 5.97 Å². The Morgan fingerprint density at radius 2 is 1.40 bits per heavy atom. The van der Waals surface area contributed by atoms with Gasteiger partial charge in [-0.3, -0.25) is 14.4 Å². The van der Waals surface area contributed by atoms with Crippen LogP contribution >= 0.6 is 0 Å². The molecule has 0 saturated heterocycles. The summed E-state index contributed by atoms with van der Waals surface area (Å²) in [7, 11) is 0. The molecule has 180 valence electrons. The number of anilines is 3. The van der Waals surface area contributed by atoms with Gasteiger partial charge < -0.3 is 25.4 Å². The standard InChI is InChI=1S/C26H25N3O6/c1-3-34-23-13-11-21(12-14-23)29-25(32)18-7-9-20(10-8-18)28-24(31)16-35-26(33)19-5-4-6-22(15-19)27-17(2)30/h4-15H,3,16H2,1-2H3,(H,27,30)(H,28,31)(H,29,32). The highest BCUT2D eigenvalue weighted by atomic mass is 16.5. The van der Waals surface area contributed by atoms with Crippen molar-refractivity contribution in [1.29, 1.82) is 0 Å². The monoisotopic (exact) mass is 475 g/mol. The van der Waals surface area contributed by atoms with E-state index in [2.05, 4.69) is 16.0 Å². The Bertz CT molecular complexity index is 1210. The molecule has 3 N–H and O–H groups in total. The molecule has 9 nitrogen and oxygen atoms in total. The molecule has 3 aromatic rings. The lowest BCUT2D eigenvalue weighted by molar-refractivity contribution is -0.119.